The van der Waals surface area contributed by atoms with Crippen LogP contribution in [-0.4, -0.2) is 0 Å². The van der Waals surface area contributed by atoms with Crippen molar-refractivity contribution in [3.05, 3.63) is 67.6 Å². The Kier molecular flexibility index (Phi) is 5.18. The number of hydrogen-bond acceptors (Lipinski definition) is 2. The zero-order chi connectivity index (χ0) is 13.9. The van der Waals surface area contributed by atoms with E-state index in [0.29, 0.717) is 0 Å². The maximum absolute atomic E-state index is 3.71. The Bertz CT molecular complexity index is 572. The average Bonchev–Trinajstić information content (AvgIpc) is 2.43. The van der Waals surface area contributed by atoms with Gasteiger partial charge in [0, 0.05) is 32.0 Å². The Morgan fingerprint density at radius 2 is 1.10 bits per heavy atom. The van der Waals surface area contributed by atoms with Crippen LogP contribution < -0.4 is 0 Å². The lowest BCUT2D eigenvalue weighted by atomic mass is 10.2. The molecule has 0 radical (unpaired) electrons. The van der Waals surface area contributed by atoms with Crippen LogP contribution in [0.5, 0.6) is 0 Å². The molecule has 4 aliphatic heterocycles. The normalized spacial score (nSPS) is 15.3. The second kappa shape index (κ2) is 6.91. The van der Waals surface area contributed by atoms with Crippen LogP contribution in [0.2, 0.25) is 0 Å². The summed E-state index contributed by atoms with van der Waals surface area (Å²) in [5.74, 6) is 4.21. The minimum absolute atomic E-state index is 1.04. The lowest BCUT2D eigenvalue weighted by Gasteiger charge is -2.11. The van der Waals surface area contributed by atoms with E-state index in [1.165, 1.54) is 31.2 Å². The van der Waals surface area contributed by atoms with Crippen LogP contribution in [0.3, 0.4) is 0 Å². The molecule has 2 aromatic rings. The first-order valence-electron chi connectivity index (χ1n) is 6.42. The average molecular weight is 430 g/mol. The monoisotopic (exact) mass is 428 g/mol. The van der Waals surface area contributed by atoms with Gasteiger partial charge < -0.3 is 0 Å². The van der Waals surface area contributed by atoms with Crippen molar-refractivity contribution >= 4 is 55.4 Å². The maximum Gasteiger partial charge on any atom is 0.0218 e. The third-order valence-corrected chi connectivity index (χ3v) is 6.87. The molecule has 2 aromatic carbocycles. The van der Waals surface area contributed by atoms with Crippen LogP contribution in [0.25, 0.3) is 0 Å². The minimum atomic E-state index is 1.04. The smallest absolute Gasteiger partial charge is 0.0218 e. The van der Waals surface area contributed by atoms with Gasteiger partial charge in [-0.25, -0.2) is 0 Å². The molecule has 0 saturated heterocycles. The Morgan fingerprint density at radius 3 is 1.55 bits per heavy atom. The van der Waals surface area contributed by atoms with E-state index in [2.05, 4.69) is 68.3 Å². The van der Waals surface area contributed by atoms with Gasteiger partial charge in [-0.1, -0.05) is 56.1 Å². The highest BCUT2D eigenvalue weighted by atomic mass is 79.9. The van der Waals surface area contributed by atoms with E-state index in [1.807, 2.05) is 23.5 Å². The first-order valence-corrected chi connectivity index (χ1v) is 10.3. The molecule has 0 saturated carbocycles. The topological polar surface area (TPSA) is 0 Å². The molecule has 0 nitrogen and oxygen atoms in total. The summed E-state index contributed by atoms with van der Waals surface area (Å²) in [6, 6.07) is 13.6. The largest absolute Gasteiger partial charge is 0.152 e. The first kappa shape index (κ1) is 15.0. The molecular formula is C16H14Br2S2. The summed E-state index contributed by atoms with van der Waals surface area (Å²) in [5, 5.41) is 0. The summed E-state index contributed by atoms with van der Waals surface area (Å²) in [6.45, 7) is 0. The summed E-state index contributed by atoms with van der Waals surface area (Å²) < 4.78 is 2.49. The highest BCUT2D eigenvalue weighted by Crippen LogP contribution is 2.31. The van der Waals surface area contributed by atoms with Crippen LogP contribution in [0.15, 0.2) is 45.3 Å². The number of halogens is 2. The van der Waals surface area contributed by atoms with Crippen LogP contribution >= 0.6 is 55.4 Å². The van der Waals surface area contributed by atoms with Gasteiger partial charge in [-0.15, -0.1) is 0 Å². The molecule has 0 fully saturated rings. The molecule has 0 atom stereocenters. The number of rotatable bonds is 0. The predicted molar refractivity (Wildman–Crippen MR) is 98.3 cm³/mol. The molecule has 0 aliphatic carbocycles. The molecule has 6 rings (SSSR count). The Morgan fingerprint density at radius 1 is 0.650 bits per heavy atom. The van der Waals surface area contributed by atoms with Crippen LogP contribution in [0.1, 0.15) is 22.3 Å². The fourth-order valence-corrected chi connectivity index (χ4v) is 5.63. The summed E-state index contributed by atoms with van der Waals surface area (Å²) >= 11 is 11.3. The molecule has 0 amide bonds. The van der Waals surface area contributed by atoms with Crippen molar-refractivity contribution in [2.24, 2.45) is 0 Å². The fraction of sp³-hybridized carbons (Fsp3) is 0.250. The first-order chi connectivity index (χ1) is 9.72. The van der Waals surface area contributed by atoms with Crippen molar-refractivity contribution in [1.29, 1.82) is 0 Å². The second-order valence-electron chi connectivity index (χ2n) is 4.84. The number of thioether (sulfide) groups is 2. The van der Waals surface area contributed by atoms with Crippen molar-refractivity contribution < 1.29 is 0 Å². The SMILES string of the molecule is Brc1cc2ccc1CSCc1ccc(cc1Br)CSC2. The molecule has 4 aliphatic rings. The van der Waals surface area contributed by atoms with E-state index in [1.54, 1.807) is 0 Å². The third kappa shape index (κ3) is 3.65. The van der Waals surface area contributed by atoms with E-state index in [9.17, 15) is 0 Å². The second-order valence-corrected chi connectivity index (χ2v) is 8.52. The third-order valence-electron chi connectivity index (χ3n) is 3.29. The fourth-order valence-electron chi connectivity index (χ4n) is 2.15. The molecule has 0 spiro atoms. The van der Waals surface area contributed by atoms with Gasteiger partial charge in [-0.05, 0) is 34.4 Å². The van der Waals surface area contributed by atoms with Gasteiger partial charge in [0.1, 0.15) is 0 Å². The van der Waals surface area contributed by atoms with Gasteiger partial charge >= 0.3 is 0 Å². The zero-order valence-electron chi connectivity index (χ0n) is 10.9. The van der Waals surface area contributed by atoms with Crippen LogP contribution in [0, 0.1) is 0 Å². The van der Waals surface area contributed by atoms with E-state index in [0.717, 1.165) is 23.0 Å². The van der Waals surface area contributed by atoms with Crippen molar-refractivity contribution in [3.63, 3.8) is 0 Å². The minimum Gasteiger partial charge on any atom is -0.152 e. The molecule has 4 heterocycles. The standard InChI is InChI=1S/C16H14Br2S2/c17-15-5-11-1-3-13(15)9-20-10-14-4-2-12(6-16(14)18)8-19-7-11/h1-6H,7-10H2. The predicted octanol–water partition coefficient (Wildman–Crippen LogP) is 6.39. The molecule has 4 heteroatoms. The molecule has 0 N–H and O–H groups in total. The summed E-state index contributed by atoms with van der Waals surface area (Å²) in [4.78, 5) is 0. The zero-order valence-corrected chi connectivity index (χ0v) is 15.7. The Balaban J connectivity index is 1.89. The molecular weight excluding hydrogens is 416 g/mol. The molecule has 104 valence electrons. The quantitative estimate of drug-likeness (QED) is 0.475. The highest BCUT2D eigenvalue weighted by molar-refractivity contribution is 9.10. The Labute approximate surface area is 145 Å². The van der Waals surface area contributed by atoms with Crippen molar-refractivity contribution in [2.45, 2.75) is 23.0 Å². The Hall–Kier alpha value is 0.1000. The van der Waals surface area contributed by atoms with Crippen molar-refractivity contribution in [3.8, 4) is 0 Å². The van der Waals surface area contributed by atoms with Gasteiger partial charge in [0.15, 0.2) is 0 Å². The number of benzene rings is 2. The van der Waals surface area contributed by atoms with Crippen LogP contribution in [0.4, 0.5) is 0 Å². The van der Waals surface area contributed by atoms with Crippen molar-refractivity contribution in [1.82, 2.24) is 0 Å². The van der Waals surface area contributed by atoms with Gasteiger partial charge in [-0.3, -0.25) is 0 Å². The number of hydrogen-bond donors (Lipinski definition) is 0. The van der Waals surface area contributed by atoms with Gasteiger partial charge in [-0.2, -0.15) is 23.5 Å². The van der Waals surface area contributed by atoms with Crippen molar-refractivity contribution in [2.75, 3.05) is 0 Å². The van der Waals surface area contributed by atoms with Crippen LogP contribution in [-0.2, 0) is 23.0 Å². The van der Waals surface area contributed by atoms with E-state index in [-0.39, 0.29) is 0 Å². The maximum atomic E-state index is 3.71. The lowest BCUT2D eigenvalue weighted by molar-refractivity contribution is 1.27. The molecule has 20 heavy (non-hydrogen) atoms. The van der Waals surface area contributed by atoms with Gasteiger partial charge in [0.25, 0.3) is 0 Å². The molecule has 4 bridgehead atoms. The van der Waals surface area contributed by atoms with E-state index in [4.69, 9.17) is 0 Å². The molecule has 0 unspecified atom stereocenters. The van der Waals surface area contributed by atoms with E-state index >= 15 is 0 Å². The van der Waals surface area contributed by atoms with E-state index < -0.39 is 0 Å². The van der Waals surface area contributed by atoms with Gasteiger partial charge in [0.05, 0.1) is 0 Å². The lowest BCUT2D eigenvalue weighted by Crippen LogP contribution is -1.92. The molecule has 0 aromatic heterocycles. The van der Waals surface area contributed by atoms with Gasteiger partial charge in [0.2, 0.25) is 0 Å². The summed E-state index contributed by atoms with van der Waals surface area (Å²) in [5.41, 5.74) is 5.55. The summed E-state index contributed by atoms with van der Waals surface area (Å²) in [6.07, 6.45) is 0. The highest BCUT2D eigenvalue weighted by Gasteiger charge is 2.07. The summed E-state index contributed by atoms with van der Waals surface area (Å²) in [7, 11) is 0.